The van der Waals surface area contributed by atoms with Crippen LogP contribution < -0.4 is 14.8 Å². The molecule has 2 heterocycles. The Bertz CT molecular complexity index is 1130. The van der Waals surface area contributed by atoms with Crippen LogP contribution in [-0.4, -0.2) is 27.7 Å². The average molecular weight is 433 g/mol. The van der Waals surface area contributed by atoms with Crippen molar-refractivity contribution in [2.45, 2.75) is 10.1 Å². The molecule has 1 atom stereocenters. The molecule has 1 unspecified atom stereocenters. The molecule has 1 amide bonds. The summed E-state index contributed by atoms with van der Waals surface area (Å²) in [4.78, 5) is 13.2. The molecule has 1 N–H and O–H groups in total. The van der Waals surface area contributed by atoms with E-state index in [1.54, 1.807) is 35.7 Å². The normalized spacial score (nSPS) is 13.8. The van der Waals surface area contributed by atoms with Crippen molar-refractivity contribution in [3.05, 3.63) is 76.2 Å². The molecule has 150 valence electrons. The minimum atomic E-state index is -3.84. The van der Waals surface area contributed by atoms with Gasteiger partial charge in [0.05, 0.1) is 4.90 Å². The third kappa shape index (κ3) is 3.96. The highest BCUT2D eigenvalue weighted by atomic mass is 32.2. The molecule has 1 aromatic heterocycles. The van der Waals surface area contributed by atoms with Gasteiger partial charge in [0, 0.05) is 17.0 Å². The first-order valence-corrected chi connectivity index (χ1v) is 11.1. The van der Waals surface area contributed by atoms with E-state index in [1.807, 2.05) is 0 Å². The topological polar surface area (TPSA) is 81.7 Å². The van der Waals surface area contributed by atoms with E-state index in [2.05, 4.69) is 5.32 Å². The fourth-order valence-corrected chi connectivity index (χ4v) is 5.74. The molecule has 0 fully saturated rings. The van der Waals surface area contributed by atoms with Crippen LogP contribution in [0.25, 0.3) is 0 Å². The highest BCUT2D eigenvalue weighted by Gasteiger charge is 2.30. The summed E-state index contributed by atoms with van der Waals surface area (Å²) in [5.41, 5.74) is 0.332. The Hall–Kier alpha value is -2.91. The van der Waals surface area contributed by atoms with Gasteiger partial charge in [-0.1, -0.05) is 6.07 Å². The van der Waals surface area contributed by atoms with Crippen molar-refractivity contribution in [2.24, 2.45) is 0 Å². The molecule has 3 aromatic rings. The molecular weight excluding hydrogens is 417 g/mol. The lowest BCUT2D eigenvalue weighted by molar-refractivity contribution is 0.0953. The van der Waals surface area contributed by atoms with E-state index in [0.29, 0.717) is 21.9 Å². The zero-order chi connectivity index (χ0) is 20.4. The number of thiophene rings is 1. The van der Waals surface area contributed by atoms with Crippen LogP contribution in [0.5, 0.6) is 11.5 Å². The van der Waals surface area contributed by atoms with Crippen LogP contribution in [0.1, 0.15) is 20.5 Å². The molecule has 0 spiro atoms. The van der Waals surface area contributed by atoms with Gasteiger partial charge >= 0.3 is 0 Å². The van der Waals surface area contributed by atoms with Gasteiger partial charge in [-0.15, -0.1) is 11.3 Å². The van der Waals surface area contributed by atoms with E-state index < -0.39 is 26.8 Å². The largest absolute Gasteiger partial charge is 0.454 e. The number of carbonyl (C=O) groups is 1. The predicted octanol–water partition coefficient (Wildman–Crippen LogP) is 3.56. The molecule has 0 aliphatic carbocycles. The minimum Gasteiger partial charge on any atom is -0.454 e. The Morgan fingerprint density at radius 1 is 1.10 bits per heavy atom. The molecule has 2 aromatic carbocycles. The number of ether oxygens (including phenoxy) is 2. The number of fused-ring (bicyclic) bond motifs is 1. The monoisotopic (exact) mass is 433 g/mol. The fourth-order valence-electron chi connectivity index (χ4n) is 2.95. The Labute approximate surface area is 170 Å². The lowest BCUT2D eigenvalue weighted by Gasteiger charge is -2.17. The Morgan fingerprint density at radius 3 is 2.59 bits per heavy atom. The zero-order valence-corrected chi connectivity index (χ0v) is 16.6. The molecule has 0 saturated heterocycles. The van der Waals surface area contributed by atoms with E-state index >= 15 is 0 Å². The summed E-state index contributed by atoms with van der Waals surface area (Å²) in [6.45, 7) is -0.0374. The van der Waals surface area contributed by atoms with E-state index in [0.717, 1.165) is 12.1 Å². The molecule has 4 rings (SSSR count). The van der Waals surface area contributed by atoms with Crippen LogP contribution in [0.4, 0.5) is 4.39 Å². The maximum atomic E-state index is 13.2. The number of hydrogen-bond donors (Lipinski definition) is 1. The first-order chi connectivity index (χ1) is 13.9. The summed E-state index contributed by atoms with van der Waals surface area (Å²) in [6, 6.07) is 12.9. The van der Waals surface area contributed by atoms with Gasteiger partial charge in [-0.25, -0.2) is 12.8 Å². The van der Waals surface area contributed by atoms with Gasteiger partial charge in [0.2, 0.25) is 6.79 Å². The number of rotatable bonds is 6. The van der Waals surface area contributed by atoms with Crippen molar-refractivity contribution >= 4 is 27.1 Å². The second-order valence-corrected chi connectivity index (χ2v) is 9.39. The van der Waals surface area contributed by atoms with Crippen LogP contribution in [0.3, 0.4) is 0 Å². The number of sulfone groups is 1. The third-order valence-corrected chi connectivity index (χ3v) is 7.69. The van der Waals surface area contributed by atoms with Crippen LogP contribution in [0.2, 0.25) is 0 Å². The summed E-state index contributed by atoms with van der Waals surface area (Å²) < 4.78 is 50.0. The van der Waals surface area contributed by atoms with E-state index in [9.17, 15) is 17.6 Å². The lowest BCUT2D eigenvalue weighted by Crippen LogP contribution is -2.31. The number of carbonyl (C=O) groups excluding carboxylic acids is 1. The number of halogens is 1. The van der Waals surface area contributed by atoms with E-state index in [1.165, 1.54) is 23.5 Å². The third-order valence-electron chi connectivity index (χ3n) is 4.46. The smallest absolute Gasteiger partial charge is 0.251 e. The van der Waals surface area contributed by atoms with E-state index in [4.69, 9.17) is 9.47 Å². The van der Waals surface area contributed by atoms with Crippen molar-refractivity contribution in [3.8, 4) is 11.5 Å². The zero-order valence-electron chi connectivity index (χ0n) is 15.0. The van der Waals surface area contributed by atoms with Crippen molar-refractivity contribution in [3.63, 3.8) is 0 Å². The standard InChI is InChI=1S/C20H16FNO5S2/c21-14-4-6-15(7-5-14)29(24,25)19(18-2-1-9-28-18)11-22-20(23)13-3-8-16-17(10-13)27-12-26-16/h1-10,19H,11-12H2,(H,22,23). The molecule has 6 nitrogen and oxygen atoms in total. The molecule has 0 bridgehead atoms. The first-order valence-electron chi connectivity index (χ1n) is 8.66. The average Bonchev–Trinajstić information content (AvgIpc) is 3.39. The van der Waals surface area contributed by atoms with Gasteiger partial charge in [0.25, 0.3) is 5.91 Å². The molecule has 1 aliphatic rings. The van der Waals surface area contributed by atoms with Crippen LogP contribution in [0, 0.1) is 5.82 Å². The van der Waals surface area contributed by atoms with Gasteiger partial charge in [0.15, 0.2) is 21.3 Å². The van der Waals surface area contributed by atoms with Gasteiger partial charge in [-0.2, -0.15) is 0 Å². The molecular formula is C20H16FNO5S2. The SMILES string of the molecule is O=C(NCC(c1cccs1)S(=O)(=O)c1ccc(F)cc1)c1ccc2c(c1)OCO2. The summed E-state index contributed by atoms with van der Waals surface area (Å²) >= 11 is 1.28. The molecule has 9 heteroatoms. The number of amides is 1. The second kappa shape index (κ2) is 7.84. The Morgan fingerprint density at radius 2 is 1.86 bits per heavy atom. The van der Waals surface area contributed by atoms with Crippen LogP contribution >= 0.6 is 11.3 Å². The number of benzene rings is 2. The van der Waals surface area contributed by atoms with Gasteiger partial charge < -0.3 is 14.8 Å². The Balaban J connectivity index is 1.57. The van der Waals surface area contributed by atoms with Crippen LogP contribution in [-0.2, 0) is 9.84 Å². The summed E-state index contributed by atoms with van der Waals surface area (Å²) in [5, 5.41) is 3.46. The minimum absolute atomic E-state index is 0.00497. The molecule has 0 radical (unpaired) electrons. The van der Waals surface area contributed by atoms with E-state index in [-0.39, 0.29) is 18.2 Å². The lowest BCUT2D eigenvalue weighted by atomic mass is 10.2. The van der Waals surface area contributed by atoms with Crippen molar-refractivity contribution in [2.75, 3.05) is 13.3 Å². The maximum absolute atomic E-state index is 13.2. The molecule has 1 aliphatic heterocycles. The molecule has 0 saturated carbocycles. The Kier molecular flexibility index (Phi) is 5.25. The van der Waals surface area contributed by atoms with Crippen molar-refractivity contribution in [1.82, 2.24) is 5.32 Å². The van der Waals surface area contributed by atoms with Crippen molar-refractivity contribution < 1.29 is 27.1 Å². The van der Waals surface area contributed by atoms with Gasteiger partial charge in [-0.3, -0.25) is 4.79 Å². The second-order valence-electron chi connectivity index (χ2n) is 6.28. The van der Waals surface area contributed by atoms with Gasteiger partial charge in [-0.05, 0) is 53.9 Å². The van der Waals surface area contributed by atoms with Crippen LogP contribution in [0.15, 0.2) is 64.9 Å². The summed E-state index contributed by atoms with van der Waals surface area (Å²) in [5.74, 6) is 0.0650. The highest BCUT2D eigenvalue weighted by Crippen LogP contribution is 2.33. The quantitative estimate of drug-likeness (QED) is 0.601. The number of nitrogens with one attached hydrogen (secondary N) is 1. The maximum Gasteiger partial charge on any atom is 0.251 e. The fraction of sp³-hybridized carbons (Fsp3) is 0.150. The summed E-state index contributed by atoms with van der Waals surface area (Å²) in [7, 11) is -3.84. The van der Waals surface area contributed by atoms with Crippen molar-refractivity contribution in [1.29, 1.82) is 0 Å². The molecule has 29 heavy (non-hydrogen) atoms. The number of hydrogen-bond acceptors (Lipinski definition) is 6. The highest BCUT2D eigenvalue weighted by molar-refractivity contribution is 7.91. The first kappa shape index (κ1) is 19.4. The summed E-state index contributed by atoms with van der Waals surface area (Å²) in [6.07, 6.45) is 0. The van der Waals surface area contributed by atoms with Gasteiger partial charge in [0.1, 0.15) is 11.1 Å². The predicted molar refractivity (Wildman–Crippen MR) is 106 cm³/mol.